The zero-order chi connectivity index (χ0) is 25.5. The van der Waals surface area contributed by atoms with E-state index in [-0.39, 0.29) is 18.4 Å². The molecule has 1 saturated heterocycles. The number of aromatic nitrogens is 2. The first-order chi connectivity index (χ1) is 17.5. The van der Waals surface area contributed by atoms with E-state index < -0.39 is 5.60 Å². The lowest BCUT2D eigenvalue weighted by molar-refractivity contribution is -0.170. The van der Waals surface area contributed by atoms with Crippen LogP contribution in [-0.2, 0) is 22.5 Å². The number of carbonyl (C=O) groups is 2. The molecule has 1 aromatic heterocycles. The maximum Gasteiger partial charge on any atom is 0.257 e. The summed E-state index contributed by atoms with van der Waals surface area (Å²) in [6.45, 7) is 9.35. The van der Waals surface area contributed by atoms with Gasteiger partial charge in [0, 0.05) is 25.8 Å². The smallest absolute Gasteiger partial charge is 0.257 e. The van der Waals surface area contributed by atoms with Gasteiger partial charge in [-0.3, -0.25) is 14.3 Å². The second-order valence-corrected chi connectivity index (χ2v) is 9.86. The number of rotatable bonds is 5. The monoisotopic (exact) mass is 496 g/mol. The van der Waals surface area contributed by atoms with Crippen LogP contribution in [0.15, 0.2) is 30.5 Å². The highest BCUT2D eigenvalue weighted by molar-refractivity contribution is 5.96. The molecule has 36 heavy (non-hydrogen) atoms. The number of benzene rings is 1. The third-order valence-corrected chi connectivity index (χ3v) is 7.30. The van der Waals surface area contributed by atoms with Crippen LogP contribution in [0.3, 0.4) is 0 Å². The van der Waals surface area contributed by atoms with Crippen molar-refractivity contribution in [3.63, 3.8) is 0 Å². The lowest BCUT2D eigenvalue weighted by Crippen LogP contribution is -2.62. The molecule has 1 atom stereocenters. The summed E-state index contributed by atoms with van der Waals surface area (Å²) in [6, 6.07) is 8.17. The molecule has 2 aliphatic rings. The molecule has 1 unspecified atom stereocenters. The molecular weight excluding hydrogens is 456 g/mol. The molecule has 4 rings (SSSR count). The van der Waals surface area contributed by atoms with Crippen LogP contribution < -0.4 is 4.74 Å². The lowest BCUT2D eigenvalue weighted by atomic mass is 9.90. The van der Waals surface area contributed by atoms with Crippen LogP contribution in [0.2, 0.25) is 0 Å². The number of ether oxygens (including phenoxy) is 2. The second-order valence-electron chi connectivity index (χ2n) is 9.86. The fourth-order valence-electron chi connectivity index (χ4n) is 5.20. The van der Waals surface area contributed by atoms with Gasteiger partial charge in [-0.2, -0.15) is 5.10 Å². The van der Waals surface area contributed by atoms with Crippen molar-refractivity contribution in [1.82, 2.24) is 19.6 Å². The van der Waals surface area contributed by atoms with Gasteiger partial charge >= 0.3 is 0 Å². The highest BCUT2D eigenvalue weighted by Gasteiger charge is 2.47. The standard InChI is InChI=1S/C28H40N4O4/c1-4-6-15-30-16-18-35-25-13-8-7-11-23(25)12-9-10-14-28(27(30)34)21-31(17-19-36-28)26(33)24-20-32(5-2)29-22(24)3/h7-8,11,13,20H,4-6,9-10,12,14-19,21H2,1-3H3. The second kappa shape index (κ2) is 11.9. The molecule has 1 spiro atoms. The fraction of sp³-hybridized carbons (Fsp3) is 0.607. The van der Waals surface area contributed by atoms with Crippen molar-refractivity contribution in [3.05, 3.63) is 47.3 Å². The van der Waals surface area contributed by atoms with Gasteiger partial charge in [0.15, 0.2) is 5.60 Å². The van der Waals surface area contributed by atoms with Gasteiger partial charge in [-0.05, 0) is 57.6 Å². The van der Waals surface area contributed by atoms with Crippen molar-refractivity contribution < 1.29 is 19.1 Å². The summed E-state index contributed by atoms with van der Waals surface area (Å²) < 4.78 is 14.2. The first kappa shape index (κ1) is 26.2. The number of amides is 2. The predicted octanol–water partition coefficient (Wildman–Crippen LogP) is 3.86. The van der Waals surface area contributed by atoms with Crippen LogP contribution >= 0.6 is 0 Å². The molecule has 8 heteroatoms. The number of hydrogen-bond donors (Lipinski definition) is 0. The van der Waals surface area contributed by atoms with Gasteiger partial charge in [0.1, 0.15) is 12.4 Å². The first-order valence-electron chi connectivity index (χ1n) is 13.4. The van der Waals surface area contributed by atoms with E-state index in [2.05, 4.69) is 18.1 Å². The summed E-state index contributed by atoms with van der Waals surface area (Å²) in [6.07, 6.45) is 6.95. The Morgan fingerprint density at radius 3 is 2.75 bits per heavy atom. The van der Waals surface area contributed by atoms with Crippen LogP contribution in [0.25, 0.3) is 0 Å². The summed E-state index contributed by atoms with van der Waals surface area (Å²) in [5.74, 6) is 0.808. The topological polar surface area (TPSA) is 76.9 Å². The van der Waals surface area contributed by atoms with Crippen molar-refractivity contribution >= 4 is 11.8 Å². The normalized spacial score (nSPS) is 21.5. The summed E-state index contributed by atoms with van der Waals surface area (Å²) in [5, 5.41) is 4.45. The molecule has 0 N–H and O–H groups in total. The maximum atomic E-state index is 14.1. The Kier molecular flexibility index (Phi) is 8.67. The van der Waals surface area contributed by atoms with Crippen molar-refractivity contribution in [1.29, 1.82) is 0 Å². The van der Waals surface area contributed by atoms with Gasteiger partial charge in [0.25, 0.3) is 11.8 Å². The van der Waals surface area contributed by atoms with Gasteiger partial charge in [0.2, 0.25) is 0 Å². The minimum Gasteiger partial charge on any atom is -0.491 e. The van der Waals surface area contributed by atoms with E-state index in [1.165, 1.54) is 5.56 Å². The lowest BCUT2D eigenvalue weighted by Gasteiger charge is -2.44. The molecule has 0 saturated carbocycles. The van der Waals surface area contributed by atoms with Crippen molar-refractivity contribution in [2.45, 2.75) is 71.4 Å². The number of carbonyl (C=O) groups excluding carboxylic acids is 2. The number of morpholine rings is 1. The molecular formula is C28H40N4O4. The molecule has 1 aromatic carbocycles. The third kappa shape index (κ3) is 5.75. The number of nitrogens with zero attached hydrogens (tertiary/aromatic N) is 4. The molecule has 2 aromatic rings. The predicted molar refractivity (Wildman–Crippen MR) is 138 cm³/mol. The number of hydrogen-bond acceptors (Lipinski definition) is 5. The van der Waals surface area contributed by atoms with Gasteiger partial charge in [-0.1, -0.05) is 31.5 Å². The first-order valence-corrected chi connectivity index (χ1v) is 13.4. The summed E-state index contributed by atoms with van der Waals surface area (Å²) >= 11 is 0. The van der Waals surface area contributed by atoms with E-state index in [1.807, 2.05) is 43.1 Å². The van der Waals surface area contributed by atoms with Gasteiger partial charge < -0.3 is 19.3 Å². The zero-order valence-corrected chi connectivity index (χ0v) is 22.0. The Bertz CT molecular complexity index is 1050. The Hall–Kier alpha value is -2.87. The van der Waals surface area contributed by atoms with E-state index in [1.54, 1.807) is 9.58 Å². The molecule has 0 bridgehead atoms. The summed E-state index contributed by atoms with van der Waals surface area (Å²) in [4.78, 5) is 31.3. The molecule has 0 aliphatic carbocycles. The van der Waals surface area contributed by atoms with Crippen LogP contribution in [0.4, 0.5) is 0 Å². The van der Waals surface area contributed by atoms with Gasteiger partial charge in [-0.25, -0.2) is 0 Å². The van der Waals surface area contributed by atoms with Crippen molar-refractivity contribution in [3.8, 4) is 5.75 Å². The summed E-state index contributed by atoms with van der Waals surface area (Å²) in [5.41, 5.74) is 1.48. The minimum atomic E-state index is -1.03. The average molecular weight is 497 g/mol. The van der Waals surface area contributed by atoms with Crippen LogP contribution in [0.1, 0.15) is 67.6 Å². The SMILES string of the molecule is CCCCN1CCOc2ccccc2CCCCC2(CN(C(=O)c3cn(CC)nc3C)CCO2)C1=O. The quantitative estimate of drug-likeness (QED) is 0.628. The maximum absolute atomic E-state index is 14.1. The number of unbranched alkanes of at least 4 members (excludes halogenated alkanes) is 1. The molecule has 1 fully saturated rings. The Labute approximate surface area is 214 Å². The van der Waals surface area contributed by atoms with E-state index >= 15 is 0 Å². The third-order valence-electron chi connectivity index (χ3n) is 7.30. The number of fused-ring (bicyclic) bond motifs is 1. The van der Waals surface area contributed by atoms with Crippen LogP contribution in [0.5, 0.6) is 5.75 Å². The van der Waals surface area contributed by atoms with E-state index in [0.717, 1.165) is 37.9 Å². The molecule has 3 heterocycles. The van der Waals surface area contributed by atoms with E-state index in [9.17, 15) is 9.59 Å². The summed E-state index contributed by atoms with van der Waals surface area (Å²) in [7, 11) is 0. The van der Waals surface area contributed by atoms with Crippen molar-refractivity contribution in [2.75, 3.05) is 39.4 Å². The Morgan fingerprint density at radius 2 is 1.97 bits per heavy atom. The molecule has 0 radical (unpaired) electrons. The highest BCUT2D eigenvalue weighted by Crippen LogP contribution is 2.30. The van der Waals surface area contributed by atoms with Gasteiger partial charge in [-0.15, -0.1) is 0 Å². The fourth-order valence-corrected chi connectivity index (χ4v) is 5.20. The number of para-hydroxylation sites is 1. The van der Waals surface area contributed by atoms with E-state index in [4.69, 9.17) is 9.47 Å². The zero-order valence-electron chi connectivity index (χ0n) is 22.0. The Morgan fingerprint density at radius 1 is 1.14 bits per heavy atom. The van der Waals surface area contributed by atoms with Gasteiger partial charge in [0.05, 0.1) is 31.0 Å². The average Bonchev–Trinajstić information content (AvgIpc) is 3.28. The van der Waals surface area contributed by atoms with Crippen LogP contribution in [-0.4, -0.2) is 76.4 Å². The van der Waals surface area contributed by atoms with E-state index in [0.29, 0.717) is 57.1 Å². The molecule has 2 amide bonds. The van der Waals surface area contributed by atoms with Crippen molar-refractivity contribution in [2.24, 2.45) is 0 Å². The molecule has 8 nitrogen and oxygen atoms in total. The van der Waals surface area contributed by atoms with Crippen LogP contribution in [0, 0.1) is 6.92 Å². The largest absolute Gasteiger partial charge is 0.491 e. The Balaban J connectivity index is 1.59. The molecule has 196 valence electrons. The number of aryl methyl sites for hydroxylation is 3. The minimum absolute atomic E-state index is 0.0214. The molecule has 2 aliphatic heterocycles. The highest BCUT2D eigenvalue weighted by atomic mass is 16.5.